The van der Waals surface area contributed by atoms with Crippen LogP contribution in [0.3, 0.4) is 0 Å². The average Bonchev–Trinajstić information content (AvgIpc) is 2.65. The Morgan fingerprint density at radius 2 is 1.32 bits per heavy atom. The maximum Gasteiger partial charge on any atom is 0.308 e. The second-order valence-electron chi connectivity index (χ2n) is 8.09. The molecule has 1 aliphatic rings. The van der Waals surface area contributed by atoms with Crippen molar-refractivity contribution < 1.29 is 19.7 Å². The van der Waals surface area contributed by atoms with Gasteiger partial charge in [0.15, 0.2) is 0 Å². The Hall–Kier alpha value is -0.610. The molecule has 0 aliphatic heterocycles. The Kier molecular flexibility index (Phi) is 8.40. The lowest BCUT2D eigenvalue weighted by molar-refractivity contribution is -0.166. The number of esters is 1. The van der Waals surface area contributed by atoms with Crippen molar-refractivity contribution in [1.29, 1.82) is 0 Å². The van der Waals surface area contributed by atoms with Crippen molar-refractivity contribution in [2.75, 3.05) is 0 Å². The molecule has 0 amide bonds. The van der Waals surface area contributed by atoms with Crippen LogP contribution in [0.4, 0.5) is 0 Å². The van der Waals surface area contributed by atoms with Gasteiger partial charge in [0.2, 0.25) is 0 Å². The molecule has 4 nitrogen and oxygen atoms in total. The van der Waals surface area contributed by atoms with Gasteiger partial charge in [-0.2, -0.15) is 0 Å². The summed E-state index contributed by atoms with van der Waals surface area (Å²) in [5, 5.41) is 22.1. The van der Waals surface area contributed by atoms with Crippen LogP contribution in [0.1, 0.15) is 92.9 Å². The Labute approximate surface area is 154 Å². The molecular weight excluding hydrogens is 316 g/mol. The third-order valence-electron chi connectivity index (χ3n) is 6.93. The van der Waals surface area contributed by atoms with Gasteiger partial charge >= 0.3 is 5.97 Å². The van der Waals surface area contributed by atoms with Crippen LogP contribution in [0.5, 0.6) is 0 Å². The minimum absolute atomic E-state index is 0.0561. The molecule has 0 aromatic heterocycles. The van der Waals surface area contributed by atoms with Crippen LogP contribution >= 0.6 is 0 Å². The lowest BCUT2D eigenvalue weighted by Crippen LogP contribution is -2.49. The third kappa shape index (κ3) is 5.19. The van der Waals surface area contributed by atoms with Gasteiger partial charge in [-0.15, -0.1) is 0 Å². The molecule has 1 rings (SSSR count). The van der Waals surface area contributed by atoms with Crippen molar-refractivity contribution in [3.8, 4) is 0 Å². The van der Waals surface area contributed by atoms with Gasteiger partial charge in [0.25, 0.3) is 0 Å². The highest BCUT2D eigenvalue weighted by Crippen LogP contribution is 2.45. The molecule has 1 aliphatic carbocycles. The minimum atomic E-state index is -0.748. The van der Waals surface area contributed by atoms with Gasteiger partial charge < -0.3 is 14.9 Å². The van der Waals surface area contributed by atoms with Crippen molar-refractivity contribution in [2.24, 2.45) is 17.8 Å². The monoisotopic (exact) mass is 356 g/mol. The molecule has 1 saturated carbocycles. The van der Waals surface area contributed by atoms with Crippen molar-refractivity contribution >= 4 is 5.97 Å². The summed E-state index contributed by atoms with van der Waals surface area (Å²) >= 11 is 0. The Bertz CT molecular complexity index is 386. The topological polar surface area (TPSA) is 66.8 Å². The highest BCUT2D eigenvalue weighted by Gasteiger charge is 2.46. The number of hydrogen-bond donors (Lipinski definition) is 2. The normalized spacial score (nSPS) is 26.3. The maximum atomic E-state index is 12.3. The van der Waals surface area contributed by atoms with Gasteiger partial charge in [-0.3, -0.25) is 4.79 Å². The highest BCUT2D eigenvalue weighted by atomic mass is 16.5. The van der Waals surface area contributed by atoms with Crippen LogP contribution in [0.25, 0.3) is 0 Å². The van der Waals surface area contributed by atoms with E-state index in [4.69, 9.17) is 4.74 Å². The summed E-state index contributed by atoms with van der Waals surface area (Å²) in [4.78, 5) is 12.3. The first-order valence-electron chi connectivity index (χ1n) is 10.3. The first kappa shape index (κ1) is 22.4. The van der Waals surface area contributed by atoms with Crippen LogP contribution in [-0.4, -0.2) is 33.5 Å². The minimum Gasteiger partial charge on any atom is -0.462 e. The Balaban J connectivity index is 3.03. The average molecular weight is 357 g/mol. The van der Waals surface area contributed by atoms with E-state index in [1.807, 2.05) is 41.5 Å². The Morgan fingerprint density at radius 3 is 1.64 bits per heavy atom. The van der Waals surface area contributed by atoms with E-state index in [0.29, 0.717) is 38.5 Å². The van der Waals surface area contributed by atoms with Crippen molar-refractivity contribution in [3.63, 3.8) is 0 Å². The summed E-state index contributed by atoms with van der Waals surface area (Å²) in [5.74, 6) is -0.146. The molecule has 2 N–H and O–H groups in total. The maximum absolute atomic E-state index is 12.3. The van der Waals surface area contributed by atoms with Crippen molar-refractivity contribution in [2.45, 2.75) is 110 Å². The standard InChI is InChI=1S/C21H40O4/c1-7-15(6)19(22)25-18-13-16(20(23,8-2)9-3)12-17(14-18)21(24,10-4)11-5/h15-18,23-24H,7-14H2,1-6H3. The largest absolute Gasteiger partial charge is 0.462 e. The van der Waals surface area contributed by atoms with Gasteiger partial charge in [0.1, 0.15) is 6.10 Å². The lowest BCUT2D eigenvalue weighted by atomic mass is 9.64. The summed E-state index contributed by atoms with van der Waals surface area (Å²) in [7, 11) is 0. The number of carbonyl (C=O) groups excluding carboxylic acids is 1. The molecule has 0 aromatic rings. The second-order valence-corrected chi connectivity index (χ2v) is 8.09. The van der Waals surface area contributed by atoms with E-state index in [1.165, 1.54) is 0 Å². The van der Waals surface area contributed by atoms with E-state index in [9.17, 15) is 15.0 Å². The predicted molar refractivity (Wildman–Crippen MR) is 101 cm³/mol. The first-order chi connectivity index (χ1) is 11.7. The zero-order valence-corrected chi connectivity index (χ0v) is 17.2. The fourth-order valence-electron chi connectivity index (χ4n) is 4.34. The zero-order chi connectivity index (χ0) is 19.3. The zero-order valence-electron chi connectivity index (χ0n) is 17.2. The molecule has 25 heavy (non-hydrogen) atoms. The molecule has 4 heteroatoms. The molecule has 0 aromatic carbocycles. The van der Waals surface area contributed by atoms with Crippen molar-refractivity contribution in [1.82, 2.24) is 0 Å². The quantitative estimate of drug-likeness (QED) is 0.598. The van der Waals surface area contributed by atoms with E-state index in [-0.39, 0.29) is 29.8 Å². The summed E-state index contributed by atoms with van der Waals surface area (Å²) in [6.45, 7) is 11.9. The van der Waals surface area contributed by atoms with E-state index in [0.717, 1.165) is 12.8 Å². The molecule has 3 unspecified atom stereocenters. The molecule has 0 radical (unpaired) electrons. The fourth-order valence-corrected chi connectivity index (χ4v) is 4.34. The van der Waals surface area contributed by atoms with Gasteiger partial charge in [0, 0.05) is 0 Å². The smallest absolute Gasteiger partial charge is 0.308 e. The number of hydrogen-bond acceptors (Lipinski definition) is 4. The van der Waals surface area contributed by atoms with E-state index in [2.05, 4.69) is 0 Å². The van der Waals surface area contributed by atoms with Gasteiger partial charge in [-0.1, -0.05) is 41.5 Å². The molecule has 3 atom stereocenters. The summed E-state index contributed by atoms with van der Waals surface area (Å²) in [6, 6.07) is 0. The first-order valence-corrected chi connectivity index (χ1v) is 10.3. The third-order valence-corrected chi connectivity index (χ3v) is 6.93. The van der Waals surface area contributed by atoms with Gasteiger partial charge in [-0.05, 0) is 63.2 Å². The Morgan fingerprint density at radius 1 is 0.920 bits per heavy atom. The SMILES string of the molecule is CCC(C)C(=O)OC1CC(C(O)(CC)CC)CC(C(O)(CC)CC)C1. The molecular formula is C21H40O4. The van der Waals surface area contributed by atoms with Crippen LogP contribution < -0.4 is 0 Å². The number of rotatable bonds is 9. The summed E-state index contributed by atoms with van der Waals surface area (Å²) in [6.07, 6.45) is 5.48. The summed E-state index contributed by atoms with van der Waals surface area (Å²) in [5.41, 5.74) is -1.50. The van der Waals surface area contributed by atoms with Crippen LogP contribution in [0.15, 0.2) is 0 Å². The molecule has 148 valence electrons. The number of ether oxygens (including phenoxy) is 1. The van der Waals surface area contributed by atoms with Gasteiger partial charge in [-0.25, -0.2) is 0 Å². The summed E-state index contributed by atoms with van der Waals surface area (Å²) < 4.78 is 5.81. The van der Waals surface area contributed by atoms with E-state index < -0.39 is 11.2 Å². The number of aliphatic hydroxyl groups is 2. The second kappa shape index (κ2) is 9.36. The number of carbonyl (C=O) groups is 1. The molecule has 1 fully saturated rings. The van der Waals surface area contributed by atoms with Crippen LogP contribution in [0, 0.1) is 17.8 Å². The molecule has 0 saturated heterocycles. The molecule has 0 spiro atoms. The molecule has 0 heterocycles. The molecule has 0 bridgehead atoms. The van der Waals surface area contributed by atoms with Crippen LogP contribution in [0.2, 0.25) is 0 Å². The van der Waals surface area contributed by atoms with E-state index in [1.54, 1.807) is 0 Å². The highest BCUT2D eigenvalue weighted by molar-refractivity contribution is 5.72. The fraction of sp³-hybridized carbons (Fsp3) is 0.952. The van der Waals surface area contributed by atoms with Crippen LogP contribution in [-0.2, 0) is 9.53 Å². The lowest BCUT2D eigenvalue weighted by Gasteiger charge is -2.47. The van der Waals surface area contributed by atoms with Crippen molar-refractivity contribution in [3.05, 3.63) is 0 Å². The predicted octanol–water partition coefficient (Wildman–Crippen LogP) is 4.46. The van der Waals surface area contributed by atoms with Gasteiger partial charge in [0.05, 0.1) is 17.1 Å². The van der Waals surface area contributed by atoms with E-state index >= 15 is 0 Å².